The lowest BCUT2D eigenvalue weighted by Crippen LogP contribution is -2.52. The molecule has 1 aromatic heterocycles. The van der Waals surface area contributed by atoms with Gasteiger partial charge in [0.2, 0.25) is 5.91 Å². The molecule has 2 N–H and O–H groups in total. The maximum Gasteiger partial charge on any atom is 0.249 e. The molecule has 1 amide bonds. The monoisotopic (exact) mass is 238 g/mol. The lowest BCUT2D eigenvalue weighted by atomic mass is 10.1. The van der Waals surface area contributed by atoms with Gasteiger partial charge in [-0.2, -0.15) is 0 Å². The molecule has 2 rings (SSSR count). The van der Waals surface area contributed by atoms with Crippen molar-refractivity contribution in [1.29, 1.82) is 0 Å². The molecule has 1 aromatic rings. The highest BCUT2D eigenvalue weighted by Crippen LogP contribution is 2.28. The number of nitrogens with two attached hydrogens (primary N) is 1. The molecule has 1 aliphatic heterocycles. The summed E-state index contributed by atoms with van der Waals surface area (Å²) >= 11 is 0. The minimum Gasteiger partial charge on any atom is -0.364 e. The first-order valence-electron chi connectivity index (χ1n) is 5.77. The number of morpholine rings is 1. The Morgan fingerprint density at radius 1 is 1.65 bits per heavy atom. The van der Waals surface area contributed by atoms with Crippen LogP contribution in [-0.4, -0.2) is 46.2 Å². The minimum atomic E-state index is -0.189. The number of aryl methyl sites for hydroxylation is 1. The highest BCUT2D eigenvalue weighted by Gasteiger charge is 2.38. The summed E-state index contributed by atoms with van der Waals surface area (Å²) in [7, 11) is 1.91. The van der Waals surface area contributed by atoms with Gasteiger partial charge in [-0.3, -0.25) is 4.79 Å². The fourth-order valence-corrected chi connectivity index (χ4v) is 2.25. The number of hydrogen-bond acceptors (Lipinski definition) is 4. The third-order valence-corrected chi connectivity index (χ3v) is 3.13. The van der Waals surface area contributed by atoms with Gasteiger partial charge in [0.1, 0.15) is 18.5 Å². The average Bonchev–Trinajstić information content (AvgIpc) is 2.74. The van der Waals surface area contributed by atoms with Gasteiger partial charge >= 0.3 is 0 Å². The Morgan fingerprint density at radius 2 is 2.41 bits per heavy atom. The molecule has 0 aliphatic carbocycles. The smallest absolute Gasteiger partial charge is 0.249 e. The van der Waals surface area contributed by atoms with Crippen molar-refractivity contribution in [2.75, 3.05) is 19.7 Å². The summed E-state index contributed by atoms with van der Waals surface area (Å²) in [6.45, 7) is 3.07. The Hall–Kier alpha value is -1.40. The normalized spacial score (nSPS) is 25.4. The largest absolute Gasteiger partial charge is 0.364 e. The Balaban J connectivity index is 2.36. The van der Waals surface area contributed by atoms with Crippen LogP contribution in [0.2, 0.25) is 0 Å². The van der Waals surface area contributed by atoms with Crippen LogP contribution in [0.3, 0.4) is 0 Å². The first-order chi connectivity index (χ1) is 8.19. The number of ether oxygens (including phenoxy) is 1. The number of aromatic nitrogens is 2. The van der Waals surface area contributed by atoms with Crippen molar-refractivity contribution in [3.63, 3.8) is 0 Å². The number of carbonyl (C=O) groups is 1. The lowest BCUT2D eigenvalue weighted by Gasteiger charge is -2.39. The Labute approximate surface area is 100 Å². The summed E-state index contributed by atoms with van der Waals surface area (Å²) in [5, 5.41) is 0. The summed E-state index contributed by atoms with van der Waals surface area (Å²) in [5.41, 5.74) is 5.71. The van der Waals surface area contributed by atoms with Crippen molar-refractivity contribution >= 4 is 5.91 Å². The van der Waals surface area contributed by atoms with Crippen LogP contribution in [0.4, 0.5) is 0 Å². The van der Waals surface area contributed by atoms with Gasteiger partial charge in [0.15, 0.2) is 0 Å². The molecule has 6 heteroatoms. The predicted molar refractivity (Wildman–Crippen MR) is 62.1 cm³/mol. The zero-order valence-corrected chi connectivity index (χ0v) is 10.2. The molecular formula is C11H18N4O2. The van der Waals surface area contributed by atoms with Gasteiger partial charge < -0.3 is 19.9 Å². The van der Waals surface area contributed by atoms with Crippen LogP contribution >= 0.6 is 0 Å². The van der Waals surface area contributed by atoms with E-state index in [1.165, 1.54) is 0 Å². The molecule has 1 aliphatic rings. The van der Waals surface area contributed by atoms with Crippen LogP contribution in [0, 0.1) is 0 Å². The molecule has 1 saturated heterocycles. The molecule has 2 heterocycles. The first kappa shape index (κ1) is 12.1. The van der Waals surface area contributed by atoms with Crippen LogP contribution in [0.5, 0.6) is 0 Å². The van der Waals surface area contributed by atoms with Crippen LogP contribution in [0.1, 0.15) is 18.8 Å². The average molecular weight is 238 g/mol. The molecule has 6 nitrogen and oxygen atoms in total. The zero-order chi connectivity index (χ0) is 12.4. The molecule has 17 heavy (non-hydrogen) atoms. The summed E-state index contributed by atoms with van der Waals surface area (Å²) in [6, 6.07) is -0.189. The van der Waals surface area contributed by atoms with Gasteiger partial charge in [0.25, 0.3) is 0 Å². The summed E-state index contributed by atoms with van der Waals surface area (Å²) in [4.78, 5) is 17.9. The number of likely N-dealkylation sites (N-methyl/N-ethyl adjacent to an activating group) is 1. The third-order valence-electron chi connectivity index (χ3n) is 3.13. The molecule has 94 valence electrons. The molecule has 2 atom stereocenters. The lowest BCUT2D eigenvalue weighted by molar-refractivity contribution is -0.157. The van der Waals surface area contributed by atoms with Crippen molar-refractivity contribution in [2.45, 2.75) is 19.1 Å². The molecule has 0 unspecified atom stereocenters. The highest BCUT2D eigenvalue weighted by atomic mass is 16.5. The fraction of sp³-hybridized carbons (Fsp3) is 0.636. The number of hydrogen-bond donors (Lipinski definition) is 1. The van der Waals surface area contributed by atoms with Gasteiger partial charge in [0, 0.05) is 32.5 Å². The molecule has 0 radical (unpaired) electrons. The van der Waals surface area contributed by atoms with E-state index in [1.807, 2.05) is 24.7 Å². The second-order valence-electron chi connectivity index (χ2n) is 4.11. The maximum absolute atomic E-state index is 11.8. The van der Waals surface area contributed by atoms with Gasteiger partial charge in [-0.1, -0.05) is 0 Å². The minimum absolute atomic E-state index is 0.00907. The second-order valence-corrected chi connectivity index (χ2v) is 4.11. The van der Waals surface area contributed by atoms with Crippen molar-refractivity contribution in [3.05, 3.63) is 18.2 Å². The second kappa shape index (κ2) is 4.85. The van der Waals surface area contributed by atoms with Crippen LogP contribution in [0.25, 0.3) is 0 Å². The fourth-order valence-electron chi connectivity index (χ4n) is 2.25. The van der Waals surface area contributed by atoms with Crippen molar-refractivity contribution in [2.24, 2.45) is 12.8 Å². The Bertz CT molecular complexity index is 404. The van der Waals surface area contributed by atoms with E-state index < -0.39 is 0 Å². The number of carbonyl (C=O) groups excluding carboxylic acids is 1. The molecule has 1 fully saturated rings. The predicted octanol–water partition coefficient (Wildman–Crippen LogP) is -0.333. The molecule has 0 aromatic carbocycles. The summed E-state index contributed by atoms with van der Waals surface area (Å²) in [6.07, 6.45) is 3.39. The topological polar surface area (TPSA) is 73.4 Å². The highest BCUT2D eigenvalue weighted by molar-refractivity contribution is 5.78. The number of nitrogens with zero attached hydrogens (tertiary/aromatic N) is 3. The van der Waals surface area contributed by atoms with Gasteiger partial charge in [-0.05, 0) is 6.92 Å². The number of imidazole rings is 1. The van der Waals surface area contributed by atoms with E-state index in [0.717, 1.165) is 5.82 Å². The van der Waals surface area contributed by atoms with Gasteiger partial charge in [0.05, 0.1) is 6.10 Å². The van der Waals surface area contributed by atoms with Crippen LogP contribution in [-0.2, 0) is 16.6 Å². The van der Waals surface area contributed by atoms with E-state index in [9.17, 15) is 4.79 Å². The van der Waals surface area contributed by atoms with E-state index in [1.54, 1.807) is 11.1 Å². The quantitative estimate of drug-likeness (QED) is 0.782. The van der Waals surface area contributed by atoms with Crippen LogP contribution < -0.4 is 5.73 Å². The maximum atomic E-state index is 11.8. The van der Waals surface area contributed by atoms with E-state index in [0.29, 0.717) is 13.1 Å². The number of amides is 1. The Morgan fingerprint density at radius 3 is 2.94 bits per heavy atom. The van der Waals surface area contributed by atoms with Crippen LogP contribution in [0.15, 0.2) is 12.4 Å². The number of rotatable bonds is 3. The van der Waals surface area contributed by atoms with Gasteiger partial charge in [-0.25, -0.2) is 4.98 Å². The van der Waals surface area contributed by atoms with Gasteiger partial charge in [-0.15, -0.1) is 0 Å². The van der Waals surface area contributed by atoms with E-state index >= 15 is 0 Å². The SMILES string of the molecule is CCN1C(=O)CO[C@H](CN)[C@H]1c1nccn1C. The molecule has 0 bridgehead atoms. The van der Waals surface area contributed by atoms with E-state index in [4.69, 9.17) is 10.5 Å². The summed E-state index contributed by atoms with van der Waals surface area (Å²) < 4.78 is 7.39. The molecule has 0 spiro atoms. The van der Waals surface area contributed by atoms with E-state index in [-0.39, 0.29) is 24.7 Å². The third kappa shape index (κ3) is 2.05. The van der Waals surface area contributed by atoms with Crippen molar-refractivity contribution in [1.82, 2.24) is 14.5 Å². The first-order valence-corrected chi connectivity index (χ1v) is 5.77. The molecular weight excluding hydrogens is 220 g/mol. The standard InChI is InChI=1S/C11H18N4O2/c1-3-15-9(16)7-17-8(6-12)10(15)11-13-4-5-14(11)2/h4-5,8,10H,3,6-7,12H2,1-2H3/t8-,10+/m1/s1. The Kier molecular flexibility index (Phi) is 3.44. The summed E-state index contributed by atoms with van der Waals surface area (Å²) in [5.74, 6) is 0.806. The van der Waals surface area contributed by atoms with E-state index in [2.05, 4.69) is 4.98 Å². The van der Waals surface area contributed by atoms with Crippen molar-refractivity contribution in [3.8, 4) is 0 Å². The van der Waals surface area contributed by atoms with Crippen molar-refractivity contribution < 1.29 is 9.53 Å². The zero-order valence-electron chi connectivity index (χ0n) is 10.2. The molecule has 0 saturated carbocycles.